The second-order valence-electron chi connectivity index (χ2n) is 4.17. The Kier molecular flexibility index (Phi) is 4.45. The van der Waals surface area contributed by atoms with Crippen LogP contribution >= 0.6 is 23.2 Å². The van der Waals surface area contributed by atoms with Crippen molar-refractivity contribution in [1.29, 1.82) is 0 Å². The SMILES string of the molecule is FC(F)(F)c1ccc(CNc2ccc(Cl)cc2Cl)cc1. The smallest absolute Gasteiger partial charge is 0.380 e. The van der Waals surface area contributed by atoms with Crippen molar-refractivity contribution in [2.24, 2.45) is 0 Å². The monoisotopic (exact) mass is 319 g/mol. The first-order valence-electron chi connectivity index (χ1n) is 5.71. The van der Waals surface area contributed by atoms with E-state index in [2.05, 4.69) is 5.32 Å². The molecule has 0 radical (unpaired) electrons. The highest BCUT2D eigenvalue weighted by molar-refractivity contribution is 6.36. The maximum atomic E-state index is 12.4. The summed E-state index contributed by atoms with van der Waals surface area (Å²) < 4.78 is 37.2. The van der Waals surface area contributed by atoms with Crippen LogP contribution in [-0.2, 0) is 12.7 Å². The van der Waals surface area contributed by atoms with E-state index in [1.165, 1.54) is 12.1 Å². The minimum atomic E-state index is -4.31. The number of rotatable bonds is 3. The molecule has 2 aromatic rings. The summed E-state index contributed by atoms with van der Waals surface area (Å²) in [5.41, 5.74) is 0.741. The van der Waals surface area contributed by atoms with Gasteiger partial charge in [-0.05, 0) is 35.9 Å². The number of hydrogen-bond donors (Lipinski definition) is 1. The summed E-state index contributed by atoms with van der Waals surface area (Å²) in [6.07, 6.45) is -4.31. The van der Waals surface area contributed by atoms with Crippen LogP contribution < -0.4 is 5.32 Å². The molecule has 6 heteroatoms. The van der Waals surface area contributed by atoms with E-state index in [4.69, 9.17) is 23.2 Å². The van der Waals surface area contributed by atoms with Gasteiger partial charge in [0.05, 0.1) is 16.3 Å². The van der Waals surface area contributed by atoms with Gasteiger partial charge in [-0.2, -0.15) is 13.2 Å². The first-order valence-corrected chi connectivity index (χ1v) is 6.47. The summed E-state index contributed by atoms with van der Waals surface area (Å²) in [5, 5.41) is 4.03. The molecule has 0 aliphatic rings. The lowest BCUT2D eigenvalue weighted by molar-refractivity contribution is -0.137. The maximum Gasteiger partial charge on any atom is 0.416 e. The van der Waals surface area contributed by atoms with Gasteiger partial charge >= 0.3 is 6.18 Å². The maximum absolute atomic E-state index is 12.4. The van der Waals surface area contributed by atoms with Gasteiger partial charge in [0.15, 0.2) is 0 Å². The molecule has 2 aromatic carbocycles. The Labute approximate surface area is 124 Å². The number of benzene rings is 2. The lowest BCUT2D eigenvalue weighted by atomic mass is 10.1. The predicted octanol–water partition coefficient (Wildman–Crippen LogP) is 5.62. The van der Waals surface area contributed by atoms with Gasteiger partial charge in [0.2, 0.25) is 0 Å². The minimum absolute atomic E-state index is 0.374. The van der Waals surface area contributed by atoms with Crippen molar-refractivity contribution >= 4 is 28.9 Å². The Balaban J connectivity index is 2.04. The van der Waals surface area contributed by atoms with Gasteiger partial charge in [-0.1, -0.05) is 35.3 Å². The van der Waals surface area contributed by atoms with Gasteiger partial charge in [-0.3, -0.25) is 0 Å². The molecule has 0 amide bonds. The lowest BCUT2D eigenvalue weighted by Crippen LogP contribution is -2.05. The summed E-state index contributed by atoms with van der Waals surface area (Å²) in [4.78, 5) is 0. The molecule has 20 heavy (non-hydrogen) atoms. The molecule has 0 unspecified atom stereocenters. The molecule has 0 aliphatic heterocycles. The third-order valence-corrected chi connectivity index (χ3v) is 3.24. The zero-order chi connectivity index (χ0) is 14.8. The first kappa shape index (κ1) is 15.0. The molecule has 0 saturated heterocycles. The topological polar surface area (TPSA) is 12.0 Å². The first-order chi connectivity index (χ1) is 9.36. The highest BCUT2D eigenvalue weighted by Gasteiger charge is 2.29. The van der Waals surface area contributed by atoms with E-state index in [1.807, 2.05) is 0 Å². The number of anilines is 1. The van der Waals surface area contributed by atoms with E-state index in [-0.39, 0.29) is 0 Å². The average molecular weight is 320 g/mol. The van der Waals surface area contributed by atoms with Crippen LogP contribution in [0.2, 0.25) is 10.0 Å². The summed E-state index contributed by atoms with van der Waals surface area (Å²) >= 11 is 11.8. The standard InChI is InChI=1S/C14H10Cl2F3N/c15-11-5-6-13(12(16)7-11)20-8-9-1-3-10(4-2-9)14(17,18)19/h1-7,20H,8H2. The van der Waals surface area contributed by atoms with E-state index in [1.54, 1.807) is 18.2 Å². The fraction of sp³-hybridized carbons (Fsp3) is 0.143. The van der Waals surface area contributed by atoms with Crippen LogP contribution in [0.1, 0.15) is 11.1 Å². The molecular weight excluding hydrogens is 310 g/mol. The van der Waals surface area contributed by atoms with Crippen molar-refractivity contribution in [2.75, 3.05) is 5.32 Å². The van der Waals surface area contributed by atoms with Gasteiger partial charge in [-0.25, -0.2) is 0 Å². The van der Waals surface area contributed by atoms with Gasteiger partial charge in [0.25, 0.3) is 0 Å². The molecule has 0 aliphatic carbocycles. The molecule has 1 nitrogen and oxygen atoms in total. The van der Waals surface area contributed by atoms with Crippen LogP contribution in [0.15, 0.2) is 42.5 Å². The Hall–Kier alpha value is -1.39. The van der Waals surface area contributed by atoms with Crippen molar-refractivity contribution in [3.8, 4) is 0 Å². The van der Waals surface area contributed by atoms with Crippen molar-refractivity contribution in [2.45, 2.75) is 12.7 Å². The Morgan fingerprint density at radius 3 is 2.15 bits per heavy atom. The number of alkyl halides is 3. The van der Waals surface area contributed by atoms with Crippen molar-refractivity contribution < 1.29 is 13.2 Å². The zero-order valence-electron chi connectivity index (χ0n) is 10.1. The van der Waals surface area contributed by atoms with Crippen molar-refractivity contribution in [3.05, 3.63) is 63.6 Å². The largest absolute Gasteiger partial charge is 0.416 e. The molecule has 106 valence electrons. The van der Waals surface area contributed by atoms with E-state index in [9.17, 15) is 13.2 Å². The predicted molar refractivity (Wildman–Crippen MR) is 75.2 cm³/mol. The Morgan fingerprint density at radius 2 is 1.60 bits per heavy atom. The van der Waals surface area contributed by atoms with Crippen LogP contribution in [-0.4, -0.2) is 0 Å². The number of halogens is 5. The minimum Gasteiger partial charge on any atom is -0.380 e. The van der Waals surface area contributed by atoms with Crippen LogP contribution in [0.4, 0.5) is 18.9 Å². The third-order valence-electron chi connectivity index (χ3n) is 2.70. The average Bonchev–Trinajstić information content (AvgIpc) is 2.37. The van der Waals surface area contributed by atoms with Crippen LogP contribution in [0.3, 0.4) is 0 Å². The van der Waals surface area contributed by atoms with Crippen molar-refractivity contribution in [1.82, 2.24) is 0 Å². The van der Waals surface area contributed by atoms with E-state index in [0.717, 1.165) is 17.7 Å². The molecule has 0 fully saturated rings. The molecular formula is C14H10Cl2F3N. The summed E-state index contributed by atoms with van der Waals surface area (Å²) in [6, 6.07) is 9.97. The van der Waals surface area contributed by atoms with Crippen LogP contribution in [0.5, 0.6) is 0 Å². The second kappa shape index (κ2) is 5.94. The Bertz CT molecular complexity index is 594. The van der Waals surface area contributed by atoms with E-state index in [0.29, 0.717) is 22.3 Å². The summed E-state index contributed by atoms with van der Waals surface area (Å²) in [6.45, 7) is 0.374. The number of nitrogens with one attached hydrogen (secondary N) is 1. The molecule has 1 N–H and O–H groups in total. The molecule has 0 bridgehead atoms. The van der Waals surface area contributed by atoms with E-state index < -0.39 is 11.7 Å². The van der Waals surface area contributed by atoms with E-state index >= 15 is 0 Å². The van der Waals surface area contributed by atoms with Crippen LogP contribution in [0.25, 0.3) is 0 Å². The molecule has 0 heterocycles. The van der Waals surface area contributed by atoms with Gasteiger partial charge in [0, 0.05) is 11.6 Å². The molecule has 0 aromatic heterocycles. The quantitative estimate of drug-likeness (QED) is 0.773. The number of hydrogen-bond acceptors (Lipinski definition) is 1. The third kappa shape index (κ3) is 3.81. The zero-order valence-corrected chi connectivity index (χ0v) is 11.7. The second-order valence-corrected chi connectivity index (χ2v) is 5.02. The summed E-state index contributed by atoms with van der Waals surface area (Å²) in [7, 11) is 0. The van der Waals surface area contributed by atoms with Gasteiger partial charge < -0.3 is 5.32 Å². The normalized spacial score (nSPS) is 11.4. The molecule has 0 saturated carbocycles. The van der Waals surface area contributed by atoms with Gasteiger partial charge in [-0.15, -0.1) is 0 Å². The van der Waals surface area contributed by atoms with Crippen molar-refractivity contribution in [3.63, 3.8) is 0 Å². The molecule has 2 rings (SSSR count). The Morgan fingerprint density at radius 1 is 0.950 bits per heavy atom. The molecule has 0 atom stereocenters. The van der Waals surface area contributed by atoms with Gasteiger partial charge in [0.1, 0.15) is 0 Å². The fourth-order valence-electron chi connectivity index (χ4n) is 1.64. The highest BCUT2D eigenvalue weighted by Crippen LogP contribution is 2.29. The highest BCUT2D eigenvalue weighted by atomic mass is 35.5. The lowest BCUT2D eigenvalue weighted by Gasteiger charge is -2.10. The molecule has 0 spiro atoms. The fourth-order valence-corrected chi connectivity index (χ4v) is 2.12. The summed E-state index contributed by atoms with van der Waals surface area (Å²) in [5.74, 6) is 0. The van der Waals surface area contributed by atoms with Crippen LogP contribution in [0, 0.1) is 0 Å².